The van der Waals surface area contributed by atoms with E-state index < -0.39 is 9.84 Å². The summed E-state index contributed by atoms with van der Waals surface area (Å²) in [7, 11) is -3.61. The standard InChI is InChI=1S/C24H28N4O4S/c1-3-14-27(19-12-16-26(17-13-19)22(29)18-9-5-4-6-10-18)23(30)21-20-11-7-8-15-28(20)24(25-21)33(2,31)32/h4-11,15,19H,3,12-14,16-17H2,1-2H3. The molecule has 3 aromatic rings. The van der Waals surface area contributed by atoms with Gasteiger partial charge in [0.15, 0.2) is 5.69 Å². The zero-order chi connectivity index (χ0) is 23.6. The lowest BCUT2D eigenvalue weighted by atomic mass is 10.0. The van der Waals surface area contributed by atoms with Crippen molar-refractivity contribution in [2.75, 3.05) is 25.9 Å². The molecule has 1 aromatic carbocycles. The monoisotopic (exact) mass is 468 g/mol. The van der Waals surface area contributed by atoms with Crippen LogP contribution in [-0.4, -0.2) is 71.3 Å². The van der Waals surface area contributed by atoms with Gasteiger partial charge in [-0.1, -0.05) is 31.2 Å². The van der Waals surface area contributed by atoms with Crippen LogP contribution in [0.25, 0.3) is 5.52 Å². The minimum absolute atomic E-state index is 0.000285. The normalized spacial score (nSPS) is 15.0. The summed E-state index contributed by atoms with van der Waals surface area (Å²) in [5, 5.41) is -0.138. The largest absolute Gasteiger partial charge is 0.338 e. The Hall–Kier alpha value is -3.20. The molecule has 8 nitrogen and oxygen atoms in total. The van der Waals surface area contributed by atoms with Crippen molar-refractivity contribution >= 4 is 27.2 Å². The summed E-state index contributed by atoms with van der Waals surface area (Å²) >= 11 is 0. The molecule has 0 unspecified atom stereocenters. The molecular formula is C24H28N4O4S. The molecule has 4 rings (SSSR count). The van der Waals surface area contributed by atoms with Crippen LogP contribution in [0, 0.1) is 0 Å². The molecule has 9 heteroatoms. The first-order valence-electron chi connectivity index (χ1n) is 11.1. The fourth-order valence-corrected chi connectivity index (χ4v) is 5.17. The third-order valence-electron chi connectivity index (χ3n) is 5.99. The molecule has 1 fully saturated rings. The number of rotatable bonds is 6. The topological polar surface area (TPSA) is 92.1 Å². The average Bonchev–Trinajstić information content (AvgIpc) is 3.23. The predicted molar refractivity (Wildman–Crippen MR) is 125 cm³/mol. The van der Waals surface area contributed by atoms with Crippen molar-refractivity contribution in [1.82, 2.24) is 19.2 Å². The molecule has 0 N–H and O–H groups in total. The van der Waals surface area contributed by atoms with Gasteiger partial charge in [-0.3, -0.25) is 14.0 Å². The Morgan fingerprint density at radius 1 is 1.06 bits per heavy atom. The van der Waals surface area contributed by atoms with Crippen molar-refractivity contribution in [2.24, 2.45) is 0 Å². The Kier molecular flexibility index (Phi) is 6.51. The van der Waals surface area contributed by atoms with E-state index in [4.69, 9.17) is 0 Å². The fourth-order valence-electron chi connectivity index (χ4n) is 4.40. The number of nitrogens with zero attached hydrogens (tertiary/aromatic N) is 4. The molecule has 3 heterocycles. The van der Waals surface area contributed by atoms with E-state index in [0.717, 1.165) is 12.7 Å². The maximum absolute atomic E-state index is 13.6. The van der Waals surface area contributed by atoms with Crippen molar-refractivity contribution in [3.8, 4) is 0 Å². The molecule has 1 aliphatic rings. The Morgan fingerprint density at radius 3 is 2.36 bits per heavy atom. The summed E-state index contributed by atoms with van der Waals surface area (Å²) in [5.74, 6) is -0.274. The van der Waals surface area contributed by atoms with Crippen molar-refractivity contribution in [2.45, 2.75) is 37.4 Å². The summed E-state index contributed by atoms with van der Waals surface area (Å²) in [5.41, 5.74) is 1.28. The molecular weight excluding hydrogens is 440 g/mol. The van der Waals surface area contributed by atoms with Crippen LogP contribution in [0.5, 0.6) is 0 Å². The third kappa shape index (κ3) is 4.64. The lowest BCUT2D eigenvalue weighted by Gasteiger charge is -2.38. The summed E-state index contributed by atoms with van der Waals surface area (Å²) < 4.78 is 26.0. The number of piperidine rings is 1. The van der Waals surface area contributed by atoms with Gasteiger partial charge in [-0.05, 0) is 43.5 Å². The number of carbonyl (C=O) groups excluding carboxylic acids is 2. The number of sulfone groups is 1. The molecule has 0 spiro atoms. The number of pyridine rings is 1. The van der Waals surface area contributed by atoms with E-state index in [2.05, 4.69) is 4.98 Å². The average molecular weight is 469 g/mol. The van der Waals surface area contributed by atoms with E-state index in [1.165, 1.54) is 4.40 Å². The van der Waals surface area contributed by atoms with Crippen LogP contribution in [0.15, 0.2) is 59.9 Å². The first kappa shape index (κ1) is 23.0. The van der Waals surface area contributed by atoms with Crippen LogP contribution in [-0.2, 0) is 9.84 Å². The first-order valence-corrected chi connectivity index (χ1v) is 13.0. The van der Waals surface area contributed by atoms with Crippen molar-refractivity contribution in [3.63, 3.8) is 0 Å². The van der Waals surface area contributed by atoms with E-state index in [-0.39, 0.29) is 28.7 Å². The van der Waals surface area contributed by atoms with Gasteiger partial charge in [0.25, 0.3) is 11.8 Å². The molecule has 2 amide bonds. The van der Waals surface area contributed by atoms with Gasteiger partial charge in [0.2, 0.25) is 15.0 Å². The van der Waals surface area contributed by atoms with Gasteiger partial charge in [-0.25, -0.2) is 13.4 Å². The summed E-state index contributed by atoms with van der Waals surface area (Å²) in [6.45, 7) is 3.66. The second-order valence-corrected chi connectivity index (χ2v) is 10.3. The van der Waals surface area contributed by atoms with Crippen LogP contribution in [0.2, 0.25) is 0 Å². The Bertz CT molecular complexity index is 1260. The van der Waals surface area contributed by atoms with Gasteiger partial charge >= 0.3 is 0 Å². The highest BCUT2D eigenvalue weighted by Gasteiger charge is 2.33. The molecule has 0 aliphatic carbocycles. The molecule has 1 saturated heterocycles. The van der Waals surface area contributed by atoms with Crippen LogP contribution in [0.1, 0.15) is 47.0 Å². The van der Waals surface area contributed by atoms with Crippen LogP contribution in [0.4, 0.5) is 0 Å². The first-order chi connectivity index (χ1) is 15.8. The zero-order valence-corrected chi connectivity index (χ0v) is 19.7. The number of hydrogen-bond donors (Lipinski definition) is 0. The van der Waals surface area contributed by atoms with E-state index in [0.29, 0.717) is 43.6 Å². The Balaban J connectivity index is 1.56. The lowest BCUT2D eigenvalue weighted by molar-refractivity contribution is 0.0517. The third-order valence-corrected chi connectivity index (χ3v) is 6.94. The summed E-state index contributed by atoms with van der Waals surface area (Å²) in [6.07, 6.45) is 4.78. The molecule has 0 radical (unpaired) electrons. The summed E-state index contributed by atoms with van der Waals surface area (Å²) in [4.78, 5) is 34.3. The zero-order valence-electron chi connectivity index (χ0n) is 18.8. The van der Waals surface area contributed by atoms with E-state index in [9.17, 15) is 18.0 Å². The van der Waals surface area contributed by atoms with Crippen molar-refractivity contribution < 1.29 is 18.0 Å². The second kappa shape index (κ2) is 9.35. The van der Waals surface area contributed by atoms with E-state index in [1.807, 2.05) is 42.2 Å². The molecule has 2 aromatic heterocycles. The number of likely N-dealkylation sites (tertiary alicyclic amines) is 1. The Morgan fingerprint density at radius 2 is 1.73 bits per heavy atom. The minimum Gasteiger partial charge on any atom is -0.338 e. The van der Waals surface area contributed by atoms with Crippen LogP contribution < -0.4 is 0 Å². The van der Waals surface area contributed by atoms with Gasteiger partial charge in [0.1, 0.15) is 0 Å². The number of hydrogen-bond acceptors (Lipinski definition) is 5. The second-order valence-electron chi connectivity index (χ2n) is 8.36. The van der Waals surface area contributed by atoms with Gasteiger partial charge in [0, 0.05) is 43.7 Å². The molecule has 0 saturated carbocycles. The van der Waals surface area contributed by atoms with Gasteiger partial charge in [0.05, 0.1) is 5.52 Å². The maximum Gasteiger partial charge on any atom is 0.275 e. The van der Waals surface area contributed by atoms with Gasteiger partial charge in [-0.15, -0.1) is 0 Å². The minimum atomic E-state index is -3.61. The van der Waals surface area contributed by atoms with E-state index >= 15 is 0 Å². The number of fused-ring (bicyclic) bond motifs is 1. The number of aromatic nitrogens is 2. The maximum atomic E-state index is 13.6. The van der Waals surface area contributed by atoms with Gasteiger partial charge in [-0.2, -0.15) is 0 Å². The van der Waals surface area contributed by atoms with Crippen molar-refractivity contribution in [3.05, 3.63) is 66.0 Å². The highest BCUT2D eigenvalue weighted by molar-refractivity contribution is 7.90. The number of amides is 2. The van der Waals surface area contributed by atoms with Crippen LogP contribution in [0.3, 0.4) is 0 Å². The SMILES string of the molecule is CCCN(C(=O)c1nc(S(C)(=O)=O)n2ccccc12)C1CCN(C(=O)c2ccccc2)CC1. The van der Waals surface area contributed by atoms with Crippen LogP contribution >= 0.6 is 0 Å². The smallest absolute Gasteiger partial charge is 0.275 e. The number of carbonyl (C=O) groups is 2. The molecule has 174 valence electrons. The molecule has 0 atom stereocenters. The molecule has 0 bridgehead atoms. The summed E-state index contributed by atoms with van der Waals surface area (Å²) in [6, 6.07) is 14.3. The molecule has 1 aliphatic heterocycles. The van der Waals surface area contributed by atoms with Crippen molar-refractivity contribution in [1.29, 1.82) is 0 Å². The van der Waals surface area contributed by atoms with E-state index in [1.54, 1.807) is 29.3 Å². The quantitative estimate of drug-likeness (QED) is 0.555. The van der Waals surface area contributed by atoms with Gasteiger partial charge < -0.3 is 9.80 Å². The Labute approximate surface area is 193 Å². The number of benzene rings is 1. The molecule has 33 heavy (non-hydrogen) atoms. The lowest BCUT2D eigenvalue weighted by Crippen LogP contribution is -2.49. The highest BCUT2D eigenvalue weighted by Crippen LogP contribution is 2.24. The predicted octanol–water partition coefficient (Wildman–Crippen LogP) is 2.89. The number of imidazole rings is 1. The highest BCUT2D eigenvalue weighted by atomic mass is 32.2. The fraction of sp³-hybridized carbons (Fsp3) is 0.375.